The van der Waals surface area contributed by atoms with Crippen LogP contribution in [0.2, 0.25) is 0 Å². The van der Waals surface area contributed by atoms with Crippen molar-refractivity contribution in [1.29, 1.82) is 0 Å². The predicted octanol–water partition coefficient (Wildman–Crippen LogP) is 1.08. The Bertz CT molecular complexity index is 290. The zero-order valence-electron chi connectivity index (χ0n) is 9.49. The molecule has 14 heavy (non-hydrogen) atoms. The molecular formula is C10H20N4. The molecule has 0 aliphatic rings. The van der Waals surface area contributed by atoms with E-state index < -0.39 is 0 Å². The lowest BCUT2D eigenvalue weighted by molar-refractivity contribution is 0.464. The molecule has 2 N–H and O–H groups in total. The second-order valence-electron chi connectivity index (χ2n) is 3.95. The van der Waals surface area contributed by atoms with Gasteiger partial charge in [-0.15, -0.1) is 0 Å². The topological polar surface area (TPSA) is 56.7 Å². The molecule has 1 rings (SSSR count). The van der Waals surface area contributed by atoms with Crippen molar-refractivity contribution < 1.29 is 0 Å². The number of hydrogen-bond donors (Lipinski definition) is 1. The zero-order chi connectivity index (χ0) is 10.7. The summed E-state index contributed by atoms with van der Waals surface area (Å²) in [6.45, 7) is 7.02. The highest BCUT2D eigenvalue weighted by atomic mass is 15.3. The molecule has 1 unspecified atom stereocenters. The third-order valence-electron chi connectivity index (χ3n) is 2.55. The van der Waals surface area contributed by atoms with Gasteiger partial charge in [0.25, 0.3) is 0 Å². The van der Waals surface area contributed by atoms with E-state index >= 15 is 0 Å². The summed E-state index contributed by atoms with van der Waals surface area (Å²) in [5, 5.41) is 4.33. The van der Waals surface area contributed by atoms with Gasteiger partial charge in [-0.05, 0) is 5.92 Å². The molecule has 0 saturated heterocycles. The van der Waals surface area contributed by atoms with Crippen molar-refractivity contribution in [3.05, 3.63) is 11.6 Å². The van der Waals surface area contributed by atoms with Crippen LogP contribution in [0.3, 0.4) is 0 Å². The molecule has 1 aromatic heterocycles. The van der Waals surface area contributed by atoms with Gasteiger partial charge in [0.15, 0.2) is 5.82 Å². The average Bonchev–Trinajstić information content (AvgIpc) is 2.48. The molecule has 0 amide bonds. The van der Waals surface area contributed by atoms with Crippen LogP contribution >= 0.6 is 0 Å². The van der Waals surface area contributed by atoms with Crippen molar-refractivity contribution in [1.82, 2.24) is 14.8 Å². The van der Waals surface area contributed by atoms with Crippen molar-refractivity contribution in [3.8, 4) is 0 Å². The first-order valence-electron chi connectivity index (χ1n) is 5.20. The fourth-order valence-corrected chi connectivity index (χ4v) is 1.60. The van der Waals surface area contributed by atoms with Crippen LogP contribution in [-0.4, -0.2) is 21.3 Å². The monoisotopic (exact) mass is 196 g/mol. The van der Waals surface area contributed by atoms with E-state index in [-0.39, 0.29) is 0 Å². The maximum absolute atomic E-state index is 5.74. The molecule has 0 aliphatic heterocycles. The largest absolute Gasteiger partial charge is 0.330 e. The number of hydrogen-bond acceptors (Lipinski definition) is 3. The summed E-state index contributed by atoms with van der Waals surface area (Å²) in [6.07, 6.45) is 0.878. The van der Waals surface area contributed by atoms with Crippen LogP contribution in [0, 0.1) is 5.92 Å². The normalized spacial score (nSPS) is 13.6. The van der Waals surface area contributed by atoms with E-state index in [1.165, 1.54) is 0 Å². The molecule has 1 heterocycles. The Balaban J connectivity index is 2.97. The van der Waals surface area contributed by atoms with Crippen LogP contribution in [-0.2, 0) is 13.5 Å². The molecule has 4 nitrogen and oxygen atoms in total. The second-order valence-corrected chi connectivity index (χ2v) is 3.95. The molecule has 1 aromatic rings. The Morgan fingerprint density at radius 2 is 2.07 bits per heavy atom. The second kappa shape index (κ2) is 4.55. The summed E-state index contributed by atoms with van der Waals surface area (Å²) in [7, 11) is 1.94. The molecule has 0 fully saturated rings. The van der Waals surface area contributed by atoms with Crippen LogP contribution < -0.4 is 5.73 Å². The maximum Gasteiger partial charge on any atom is 0.150 e. The van der Waals surface area contributed by atoms with Gasteiger partial charge < -0.3 is 5.73 Å². The molecular weight excluding hydrogens is 176 g/mol. The number of nitrogens with two attached hydrogens (primary N) is 1. The highest BCUT2D eigenvalue weighted by molar-refractivity contribution is 5.01. The van der Waals surface area contributed by atoms with E-state index in [1.54, 1.807) is 0 Å². The van der Waals surface area contributed by atoms with E-state index in [2.05, 4.69) is 30.9 Å². The smallest absolute Gasteiger partial charge is 0.150 e. The van der Waals surface area contributed by atoms with E-state index in [1.807, 2.05) is 11.7 Å². The van der Waals surface area contributed by atoms with Crippen LogP contribution in [0.5, 0.6) is 0 Å². The summed E-state index contributed by atoms with van der Waals surface area (Å²) < 4.78 is 1.86. The number of nitrogens with zero attached hydrogens (tertiary/aromatic N) is 3. The fourth-order valence-electron chi connectivity index (χ4n) is 1.60. The standard InChI is InChI=1S/C10H20N4/c1-5-9-12-10(14(4)13-9)8(6-11)7(2)3/h7-8H,5-6,11H2,1-4H3. The number of aromatic nitrogens is 3. The van der Waals surface area contributed by atoms with Gasteiger partial charge in [0.2, 0.25) is 0 Å². The van der Waals surface area contributed by atoms with Crippen molar-refractivity contribution in [2.75, 3.05) is 6.54 Å². The minimum absolute atomic E-state index is 0.313. The van der Waals surface area contributed by atoms with Gasteiger partial charge in [-0.25, -0.2) is 4.98 Å². The highest BCUT2D eigenvalue weighted by Crippen LogP contribution is 2.20. The first-order valence-corrected chi connectivity index (χ1v) is 5.20. The maximum atomic E-state index is 5.74. The third-order valence-corrected chi connectivity index (χ3v) is 2.55. The molecule has 80 valence electrons. The van der Waals surface area contributed by atoms with Crippen LogP contribution in [0.25, 0.3) is 0 Å². The minimum atomic E-state index is 0.313. The van der Waals surface area contributed by atoms with Crippen LogP contribution in [0.15, 0.2) is 0 Å². The summed E-state index contributed by atoms with van der Waals surface area (Å²) in [6, 6.07) is 0. The molecule has 0 aliphatic carbocycles. The third kappa shape index (κ3) is 2.12. The molecule has 0 saturated carbocycles. The number of aryl methyl sites for hydroxylation is 2. The first-order chi connectivity index (χ1) is 6.60. The van der Waals surface area contributed by atoms with Crippen molar-refractivity contribution in [3.63, 3.8) is 0 Å². The van der Waals surface area contributed by atoms with E-state index in [0.29, 0.717) is 18.4 Å². The highest BCUT2D eigenvalue weighted by Gasteiger charge is 2.19. The van der Waals surface area contributed by atoms with Gasteiger partial charge in [-0.3, -0.25) is 4.68 Å². The van der Waals surface area contributed by atoms with Crippen molar-refractivity contribution in [2.24, 2.45) is 18.7 Å². The summed E-state index contributed by atoms with van der Waals surface area (Å²) in [5.41, 5.74) is 5.74. The quantitative estimate of drug-likeness (QED) is 0.784. The molecule has 0 bridgehead atoms. The zero-order valence-corrected chi connectivity index (χ0v) is 9.49. The molecule has 4 heteroatoms. The van der Waals surface area contributed by atoms with Gasteiger partial charge in [0, 0.05) is 25.9 Å². The van der Waals surface area contributed by atoms with Gasteiger partial charge >= 0.3 is 0 Å². The predicted molar refractivity (Wildman–Crippen MR) is 57.0 cm³/mol. The Hall–Kier alpha value is -0.900. The molecule has 1 atom stereocenters. The Labute approximate surface area is 85.5 Å². The van der Waals surface area contributed by atoms with E-state index in [0.717, 1.165) is 18.1 Å². The molecule has 0 aromatic carbocycles. The Morgan fingerprint density at radius 1 is 1.43 bits per heavy atom. The van der Waals surface area contributed by atoms with Crippen LogP contribution in [0.4, 0.5) is 0 Å². The molecule has 0 radical (unpaired) electrons. The lowest BCUT2D eigenvalue weighted by atomic mass is 9.95. The van der Waals surface area contributed by atoms with Gasteiger partial charge in [-0.1, -0.05) is 20.8 Å². The Kier molecular flexibility index (Phi) is 3.63. The SMILES string of the molecule is CCc1nc(C(CN)C(C)C)n(C)n1. The first kappa shape index (κ1) is 11.2. The summed E-state index contributed by atoms with van der Waals surface area (Å²) in [4.78, 5) is 4.49. The van der Waals surface area contributed by atoms with E-state index in [4.69, 9.17) is 5.73 Å². The molecule has 0 spiro atoms. The lowest BCUT2D eigenvalue weighted by Crippen LogP contribution is -2.21. The summed E-state index contributed by atoms with van der Waals surface area (Å²) in [5.74, 6) is 2.74. The van der Waals surface area contributed by atoms with E-state index in [9.17, 15) is 0 Å². The minimum Gasteiger partial charge on any atom is -0.330 e. The average molecular weight is 196 g/mol. The van der Waals surface area contributed by atoms with Gasteiger partial charge in [0.05, 0.1) is 0 Å². The Morgan fingerprint density at radius 3 is 2.43 bits per heavy atom. The van der Waals surface area contributed by atoms with Crippen molar-refractivity contribution in [2.45, 2.75) is 33.1 Å². The van der Waals surface area contributed by atoms with Gasteiger partial charge in [0.1, 0.15) is 5.82 Å². The number of rotatable bonds is 4. The fraction of sp³-hybridized carbons (Fsp3) is 0.800. The van der Waals surface area contributed by atoms with Crippen LogP contribution in [0.1, 0.15) is 38.3 Å². The van der Waals surface area contributed by atoms with Gasteiger partial charge in [-0.2, -0.15) is 5.10 Å². The lowest BCUT2D eigenvalue weighted by Gasteiger charge is -2.17. The van der Waals surface area contributed by atoms with Crippen molar-refractivity contribution >= 4 is 0 Å². The summed E-state index contributed by atoms with van der Waals surface area (Å²) >= 11 is 0.